The van der Waals surface area contributed by atoms with E-state index in [2.05, 4.69) is 6.92 Å². The van der Waals surface area contributed by atoms with Crippen molar-refractivity contribution < 1.29 is 18.7 Å². The van der Waals surface area contributed by atoms with Crippen molar-refractivity contribution in [2.24, 2.45) is 0 Å². The van der Waals surface area contributed by atoms with E-state index in [4.69, 9.17) is 13.9 Å². The minimum Gasteiger partial charge on any atom is -0.490 e. The van der Waals surface area contributed by atoms with Crippen LogP contribution >= 0.6 is 0 Å². The standard InChI is InChI=1S/C30H29NO5/c1-3-5-17-31-27(26-28(32)22-13-9-10-14-23(22)36-29(26)30(31)33)21-15-16-24(25(18-21)34-4-2)35-19-20-11-7-6-8-12-20/h6-16,18,27H,3-5,17,19H2,1-2H3/t27-/m0/s1. The van der Waals surface area contributed by atoms with E-state index in [9.17, 15) is 9.59 Å². The van der Waals surface area contributed by atoms with E-state index >= 15 is 0 Å². The molecule has 1 aliphatic heterocycles. The molecule has 2 heterocycles. The van der Waals surface area contributed by atoms with E-state index in [1.54, 1.807) is 29.2 Å². The molecule has 0 unspecified atom stereocenters. The van der Waals surface area contributed by atoms with Crippen molar-refractivity contribution in [1.29, 1.82) is 0 Å². The van der Waals surface area contributed by atoms with Crippen LogP contribution in [0.4, 0.5) is 0 Å². The second-order valence-electron chi connectivity index (χ2n) is 8.84. The molecular formula is C30H29NO5. The third-order valence-corrected chi connectivity index (χ3v) is 6.45. The van der Waals surface area contributed by atoms with Gasteiger partial charge in [0.05, 0.1) is 23.6 Å². The van der Waals surface area contributed by atoms with Gasteiger partial charge in [-0.25, -0.2) is 0 Å². The molecule has 4 aromatic rings. The molecule has 6 nitrogen and oxygen atoms in total. The Morgan fingerprint density at radius 2 is 1.67 bits per heavy atom. The molecule has 1 atom stereocenters. The first-order valence-electron chi connectivity index (χ1n) is 12.4. The predicted octanol–water partition coefficient (Wildman–Crippen LogP) is 6.12. The second kappa shape index (κ2) is 10.3. The van der Waals surface area contributed by atoms with Crippen LogP contribution in [-0.2, 0) is 6.61 Å². The van der Waals surface area contributed by atoms with Gasteiger partial charge in [0.15, 0.2) is 16.9 Å². The lowest BCUT2D eigenvalue weighted by Gasteiger charge is -2.25. The Morgan fingerprint density at radius 3 is 2.44 bits per heavy atom. The van der Waals surface area contributed by atoms with Gasteiger partial charge in [-0.1, -0.05) is 61.9 Å². The van der Waals surface area contributed by atoms with Crippen molar-refractivity contribution >= 4 is 16.9 Å². The SMILES string of the molecule is CCCCN1C(=O)c2oc3ccccc3c(=O)c2[C@@H]1c1ccc(OCc2ccccc2)c(OCC)c1. The van der Waals surface area contributed by atoms with Gasteiger partial charge < -0.3 is 18.8 Å². The number of unbranched alkanes of at least 4 members (excludes halogenated alkanes) is 1. The third-order valence-electron chi connectivity index (χ3n) is 6.45. The van der Waals surface area contributed by atoms with Crippen LogP contribution in [0.2, 0.25) is 0 Å². The largest absolute Gasteiger partial charge is 0.490 e. The number of rotatable bonds is 9. The lowest BCUT2D eigenvalue weighted by molar-refractivity contribution is 0.0725. The summed E-state index contributed by atoms with van der Waals surface area (Å²) in [5, 5.41) is 0.472. The Bertz CT molecular complexity index is 1440. The highest BCUT2D eigenvalue weighted by Gasteiger charge is 2.42. The van der Waals surface area contributed by atoms with Crippen molar-refractivity contribution in [1.82, 2.24) is 4.90 Å². The maximum absolute atomic E-state index is 13.6. The summed E-state index contributed by atoms with van der Waals surface area (Å²) in [6.07, 6.45) is 1.74. The van der Waals surface area contributed by atoms with Gasteiger partial charge >= 0.3 is 0 Å². The number of hydrogen-bond donors (Lipinski definition) is 0. The third kappa shape index (κ3) is 4.35. The highest BCUT2D eigenvalue weighted by Crippen LogP contribution is 2.41. The molecule has 5 rings (SSSR count). The van der Waals surface area contributed by atoms with Crippen LogP contribution in [0.15, 0.2) is 82.0 Å². The Kier molecular flexibility index (Phi) is 6.76. The molecule has 0 radical (unpaired) electrons. The Labute approximate surface area is 210 Å². The fourth-order valence-electron chi connectivity index (χ4n) is 4.69. The second-order valence-corrected chi connectivity index (χ2v) is 8.84. The molecule has 1 amide bonds. The number of fused-ring (bicyclic) bond motifs is 2. The number of hydrogen-bond acceptors (Lipinski definition) is 5. The molecule has 6 heteroatoms. The van der Waals surface area contributed by atoms with Crippen LogP contribution in [0.5, 0.6) is 11.5 Å². The summed E-state index contributed by atoms with van der Waals surface area (Å²) in [5.41, 5.74) is 2.47. The number of benzene rings is 3. The van der Waals surface area contributed by atoms with Gasteiger partial charge in [-0.2, -0.15) is 0 Å². The minimum atomic E-state index is -0.553. The molecule has 36 heavy (non-hydrogen) atoms. The van der Waals surface area contributed by atoms with Gasteiger partial charge in [-0.3, -0.25) is 9.59 Å². The van der Waals surface area contributed by atoms with Crippen LogP contribution in [-0.4, -0.2) is 24.0 Å². The summed E-state index contributed by atoms with van der Waals surface area (Å²) in [7, 11) is 0. The Morgan fingerprint density at radius 1 is 0.889 bits per heavy atom. The van der Waals surface area contributed by atoms with E-state index in [0.29, 0.717) is 47.8 Å². The summed E-state index contributed by atoms with van der Waals surface area (Å²) >= 11 is 0. The summed E-state index contributed by atoms with van der Waals surface area (Å²) in [6, 6.07) is 22.1. The summed E-state index contributed by atoms with van der Waals surface area (Å²) in [5.74, 6) is 1.06. The zero-order valence-electron chi connectivity index (χ0n) is 20.5. The van der Waals surface area contributed by atoms with Crippen molar-refractivity contribution in [3.63, 3.8) is 0 Å². The van der Waals surface area contributed by atoms with E-state index in [1.807, 2.05) is 55.5 Å². The first-order valence-corrected chi connectivity index (χ1v) is 12.4. The van der Waals surface area contributed by atoms with Crippen molar-refractivity contribution in [3.05, 3.63) is 105 Å². The fraction of sp³-hybridized carbons (Fsp3) is 0.267. The van der Waals surface area contributed by atoms with E-state index in [1.165, 1.54) is 0 Å². The van der Waals surface area contributed by atoms with Crippen molar-refractivity contribution in [2.75, 3.05) is 13.2 Å². The number of ether oxygens (including phenoxy) is 2. The molecule has 0 spiro atoms. The van der Waals surface area contributed by atoms with Crippen molar-refractivity contribution in [3.8, 4) is 11.5 Å². The van der Waals surface area contributed by atoms with Gasteiger partial charge in [0.2, 0.25) is 5.76 Å². The zero-order chi connectivity index (χ0) is 25.1. The molecule has 3 aromatic carbocycles. The van der Waals surface area contributed by atoms with Gasteiger partial charge in [-0.05, 0) is 48.7 Å². The molecule has 0 saturated carbocycles. The normalized spacial score (nSPS) is 14.8. The molecule has 0 N–H and O–H groups in total. The molecule has 184 valence electrons. The molecule has 0 aliphatic carbocycles. The van der Waals surface area contributed by atoms with Crippen LogP contribution < -0.4 is 14.9 Å². The highest BCUT2D eigenvalue weighted by atomic mass is 16.5. The first-order chi connectivity index (χ1) is 17.6. The van der Waals surface area contributed by atoms with Gasteiger partial charge in [0, 0.05) is 6.54 Å². The molecular weight excluding hydrogens is 454 g/mol. The van der Waals surface area contributed by atoms with E-state index in [0.717, 1.165) is 24.0 Å². The Balaban J connectivity index is 1.58. The molecule has 1 aliphatic rings. The van der Waals surface area contributed by atoms with Crippen LogP contribution in [0.1, 0.15) is 60.0 Å². The lowest BCUT2D eigenvalue weighted by atomic mass is 9.98. The molecule has 1 aromatic heterocycles. The number of nitrogens with zero attached hydrogens (tertiary/aromatic N) is 1. The fourth-order valence-corrected chi connectivity index (χ4v) is 4.69. The minimum absolute atomic E-state index is 0.127. The van der Waals surface area contributed by atoms with Crippen LogP contribution in [0.3, 0.4) is 0 Å². The first kappa shape index (κ1) is 23.7. The topological polar surface area (TPSA) is 69.0 Å². The quantitative estimate of drug-likeness (QED) is 0.287. The number of para-hydroxylation sites is 1. The average molecular weight is 484 g/mol. The highest BCUT2D eigenvalue weighted by molar-refractivity contribution is 5.99. The lowest BCUT2D eigenvalue weighted by Crippen LogP contribution is -2.30. The van der Waals surface area contributed by atoms with Gasteiger partial charge in [0.1, 0.15) is 12.2 Å². The Hall–Kier alpha value is -4.06. The molecule has 0 saturated heterocycles. The van der Waals surface area contributed by atoms with Gasteiger partial charge in [0.25, 0.3) is 5.91 Å². The smallest absolute Gasteiger partial charge is 0.290 e. The zero-order valence-corrected chi connectivity index (χ0v) is 20.5. The van der Waals surface area contributed by atoms with Crippen LogP contribution in [0, 0.1) is 0 Å². The van der Waals surface area contributed by atoms with E-state index < -0.39 is 6.04 Å². The maximum Gasteiger partial charge on any atom is 0.290 e. The number of carbonyl (C=O) groups is 1. The van der Waals surface area contributed by atoms with Crippen LogP contribution in [0.25, 0.3) is 11.0 Å². The predicted molar refractivity (Wildman–Crippen MR) is 139 cm³/mol. The molecule has 0 fully saturated rings. The maximum atomic E-state index is 13.6. The average Bonchev–Trinajstić information content (AvgIpc) is 3.19. The number of amides is 1. The monoisotopic (exact) mass is 483 g/mol. The number of carbonyl (C=O) groups excluding carboxylic acids is 1. The van der Waals surface area contributed by atoms with Crippen molar-refractivity contribution in [2.45, 2.75) is 39.3 Å². The molecule has 0 bridgehead atoms. The summed E-state index contributed by atoms with van der Waals surface area (Å²) < 4.78 is 18.0. The van der Waals surface area contributed by atoms with E-state index in [-0.39, 0.29) is 17.1 Å². The summed E-state index contributed by atoms with van der Waals surface area (Å²) in [6.45, 7) is 5.37. The van der Waals surface area contributed by atoms with Gasteiger partial charge in [-0.15, -0.1) is 0 Å². The summed E-state index contributed by atoms with van der Waals surface area (Å²) in [4.78, 5) is 28.8.